The van der Waals surface area contributed by atoms with E-state index < -0.39 is 0 Å². The van der Waals surface area contributed by atoms with Crippen LogP contribution in [0, 0.1) is 5.92 Å². The summed E-state index contributed by atoms with van der Waals surface area (Å²) in [6, 6.07) is 24.3. The van der Waals surface area contributed by atoms with Gasteiger partial charge in [0.2, 0.25) is 0 Å². The van der Waals surface area contributed by atoms with Crippen LogP contribution in [0.3, 0.4) is 0 Å². The third-order valence-corrected chi connectivity index (χ3v) is 6.98. The SMILES string of the molecule is O=C(c1ccccc1)N1c2ccc(Br)cc2[C@@H]2C=CC[C@@H]2[C@@H]1c1ccc(Br)cc1. The van der Waals surface area contributed by atoms with Crippen molar-refractivity contribution in [3.8, 4) is 0 Å². The smallest absolute Gasteiger partial charge is 0.258 e. The lowest BCUT2D eigenvalue weighted by molar-refractivity contribution is 0.0961. The monoisotopic (exact) mass is 507 g/mol. The Morgan fingerprint density at radius 1 is 0.897 bits per heavy atom. The highest BCUT2D eigenvalue weighted by Gasteiger charge is 2.44. The number of hydrogen-bond donors (Lipinski definition) is 0. The van der Waals surface area contributed by atoms with Crippen LogP contribution >= 0.6 is 31.9 Å². The van der Waals surface area contributed by atoms with Crippen LogP contribution in [0.25, 0.3) is 0 Å². The first-order chi connectivity index (χ1) is 14.1. The minimum atomic E-state index is -0.00974. The van der Waals surface area contributed by atoms with Gasteiger partial charge in [-0.25, -0.2) is 0 Å². The molecule has 3 aromatic carbocycles. The van der Waals surface area contributed by atoms with Gasteiger partial charge in [0.15, 0.2) is 0 Å². The zero-order valence-corrected chi connectivity index (χ0v) is 18.8. The first kappa shape index (κ1) is 18.8. The highest BCUT2D eigenvalue weighted by atomic mass is 79.9. The summed E-state index contributed by atoms with van der Waals surface area (Å²) in [6.07, 6.45) is 5.55. The Labute approximate surface area is 187 Å². The largest absolute Gasteiger partial charge is 0.300 e. The third-order valence-electron chi connectivity index (χ3n) is 5.96. The van der Waals surface area contributed by atoms with Gasteiger partial charge in [-0.3, -0.25) is 4.79 Å². The molecule has 0 unspecified atom stereocenters. The highest BCUT2D eigenvalue weighted by Crippen LogP contribution is 2.53. The average molecular weight is 509 g/mol. The van der Waals surface area contributed by atoms with E-state index in [1.165, 1.54) is 11.1 Å². The summed E-state index contributed by atoms with van der Waals surface area (Å²) in [7, 11) is 0. The molecule has 0 bridgehead atoms. The van der Waals surface area contributed by atoms with Crippen LogP contribution in [-0.4, -0.2) is 5.91 Å². The number of nitrogens with zero attached hydrogens (tertiary/aromatic N) is 1. The number of benzene rings is 3. The quantitative estimate of drug-likeness (QED) is 0.333. The van der Waals surface area contributed by atoms with Gasteiger partial charge < -0.3 is 4.90 Å². The lowest BCUT2D eigenvalue weighted by Crippen LogP contribution is -2.43. The van der Waals surface area contributed by atoms with E-state index in [-0.39, 0.29) is 11.9 Å². The number of carbonyl (C=O) groups is 1. The first-order valence-corrected chi connectivity index (χ1v) is 11.3. The molecule has 2 aliphatic rings. The Balaban J connectivity index is 1.71. The summed E-state index contributed by atoms with van der Waals surface area (Å²) in [6.45, 7) is 0. The summed E-state index contributed by atoms with van der Waals surface area (Å²) >= 11 is 7.17. The van der Waals surface area contributed by atoms with E-state index in [1.54, 1.807) is 0 Å². The Morgan fingerprint density at radius 2 is 1.62 bits per heavy atom. The summed E-state index contributed by atoms with van der Waals surface area (Å²) in [5.41, 5.74) is 4.11. The van der Waals surface area contributed by atoms with Gasteiger partial charge in [0.05, 0.1) is 6.04 Å². The molecule has 1 aliphatic carbocycles. The fourth-order valence-corrected chi connectivity index (χ4v) is 5.34. The van der Waals surface area contributed by atoms with Crippen LogP contribution in [-0.2, 0) is 0 Å². The molecule has 4 heteroatoms. The van der Waals surface area contributed by atoms with E-state index in [0.717, 1.165) is 21.1 Å². The maximum Gasteiger partial charge on any atom is 0.258 e. The summed E-state index contributed by atoms with van der Waals surface area (Å²) in [5, 5.41) is 0. The van der Waals surface area contributed by atoms with Crippen LogP contribution in [0.2, 0.25) is 0 Å². The molecule has 0 saturated heterocycles. The van der Waals surface area contributed by atoms with Gasteiger partial charge in [0.1, 0.15) is 0 Å². The maximum atomic E-state index is 13.8. The minimum Gasteiger partial charge on any atom is -0.300 e. The van der Waals surface area contributed by atoms with Crippen LogP contribution in [0.1, 0.15) is 39.9 Å². The van der Waals surface area contributed by atoms with E-state index >= 15 is 0 Å². The fraction of sp³-hybridized carbons (Fsp3) is 0.160. The van der Waals surface area contributed by atoms with Crippen molar-refractivity contribution in [3.05, 3.63) is 111 Å². The molecule has 1 heterocycles. The number of fused-ring (bicyclic) bond motifs is 3. The lowest BCUT2D eigenvalue weighted by atomic mass is 9.75. The zero-order chi connectivity index (χ0) is 20.0. The molecule has 3 aromatic rings. The normalized spacial score (nSPS) is 22.3. The number of anilines is 1. The van der Waals surface area contributed by atoms with Crippen LogP contribution in [0.4, 0.5) is 5.69 Å². The minimum absolute atomic E-state index is 0.00974. The molecule has 5 rings (SSSR count). The number of amides is 1. The molecule has 1 aliphatic heterocycles. The van der Waals surface area contributed by atoms with Gasteiger partial charge in [-0.2, -0.15) is 0 Å². The second kappa shape index (κ2) is 7.58. The Kier molecular flexibility index (Phi) is 4.92. The van der Waals surface area contributed by atoms with Gasteiger partial charge in [0, 0.05) is 26.1 Å². The molecule has 0 fully saturated rings. The molecule has 1 amide bonds. The van der Waals surface area contributed by atoms with E-state index in [9.17, 15) is 4.79 Å². The van der Waals surface area contributed by atoms with E-state index in [4.69, 9.17) is 0 Å². The third kappa shape index (κ3) is 3.28. The van der Waals surface area contributed by atoms with Gasteiger partial charge in [-0.15, -0.1) is 0 Å². The predicted molar refractivity (Wildman–Crippen MR) is 124 cm³/mol. The lowest BCUT2D eigenvalue weighted by Gasteiger charge is -2.44. The molecular weight excluding hydrogens is 490 g/mol. The summed E-state index contributed by atoms with van der Waals surface area (Å²) in [5.74, 6) is 0.689. The second-order valence-electron chi connectivity index (χ2n) is 7.59. The molecule has 29 heavy (non-hydrogen) atoms. The van der Waals surface area contributed by atoms with Crippen molar-refractivity contribution in [2.45, 2.75) is 18.4 Å². The standard InChI is InChI=1S/C25H19Br2NO/c26-18-11-9-16(10-12-18)24-21-8-4-7-20(21)22-15-19(27)13-14-23(22)28(24)25(29)17-5-2-1-3-6-17/h1-7,9-15,20-21,24H,8H2/t20-,21+,24+/m1/s1. The van der Waals surface area contributed by atoms with Crippen LogP contribution in [0.5, 0.6) is 0 Å². The van der Waals surface area contributed by atoms with Crippen molar-refractivity contribution >= 4 is 43.5 Å². The van der Waals surface area contributed by atoms with Crippen molar-refractivity contribution in [1.29, 1.82) is 0 Å². The Hall–Kier alpha value is -2.17. The molecule has 144 valence electrons. The number of rotatable bonds is 2. The number of carbonyl (C=O) groups excluding carboxylic acids is 1. The van der Waals surface area contributed by atoms with Gasteiger partial charge in [-0.1, -0.05) is 74.3 Å². The number of halogens is 2. The topological polar surface area (TPSA) is 20.3 Å². The number of allylic oxidation sites excluding steroid dienone is 2. The molecule has 0 spiro atoms. The molecule has 0 N–H and O–H groups in total. The highest BCUT2D eigenvalue weighted by molar-refractivity contribution is 9.10. The molecule has 0 saturated carbocycles. The van der Waals surface area contributed by atoms with Crippen molar-refractivity contribution in [3.63, 3.8) is 0 Å². The Bertz CT molecular complexity index is 1090. The Morgan fingerprint density at radius 3 is 2.38 bits per heavy atom. The first-order valence-electron chi connectivity index (χ1n) is 9.73. The van der Waals surface area contributed by atoms with Crippen molar-refractivity contribution in [1.82, 2.24) is 0 Å². The van der Waals surface area contributed by atoms with Crippen molar-refractivity contribution in [2.24, 2.45) is 5.92 Å². The van der Waals surface area contributed by atoms with Crippen molar-refractivity contribution < 1.29 is 4.79 Å². The summed E-state index contributed by atoms with van der Waals surface area (Å²) in [4.78, 5) is 15.8. The van der Waals surface area contributed by atoms with E-state index in [2.05, 4.69) is 80.4 Å². The van der Waals surface area contributed by atoms with E-state index in [0.29, 0.717) is 17.4 Å². The van der Waals surface area contributed by atoms with Gasteiger partial charge in [-0.05, 0) is 65.9 Å². The second-order valence-corrected chi connectivity index (χ2v) is 9.43. The fourth-order valence-electron chi connectivity index (χ4n) is 4.70. The van der Waals surface area contributed by atoms with Crippen LogP contribution < -0.4 is 4.90 Å². The van der Waals surface area contributed by atoms with Gasteiger partial charge >= 0.3 is 0 Å². The number of hydrogen-bond acceptors (Lipinski definition) is 1. The van der Waals surface area contributed by atoms with E-state index in [1.807, 2.05) is 41.3 Å². The zero-order valence-electron chi connectivity index (χ0n) is 15.6. The molecule has 0 aromatic heterocycles. The summed E-state index contributed by atoms with van der Waals surface area (Å²) < 4.78 is 2.09. The van der Waals surface area contributed by atoms with Gasteiger partial charge in [0.25, 0.3) is 5.91 Å². The molecular formula is C25H19Br2NO. The average Bonchev–Trinajstić information content (AvgIpc) is 3.24. The molecule has 0 radical (unpaired) electrons. The maximum absolute atomic E-state index is 13.8. The van der Waals surface area contributed by atoms with Crippen molar-refractivity contribution in [2.75, 3.05) is 4.90 Å². The molecule has 3 atom stereocenters. The predicted octanol–water partition coefficient (Wildman–Crippen LogP) is 7.27. The van der Waals surface area contributed by atoms with Crippen LogP contribution in [0.15, 0.2) is 93.9 Å². The molecule has 2 nitrogen and oxygen atoms in total.